The van der Waals surface area contributed by atoms with Crippen LogP contribution < -0.4 is 5.32 Å². The van der Waals surface area contributed by atoms with Gasteiger partial charge in [-0.3, -0.25) is 0 Å². The molecule has 1 atom stereocenters. The molecule has 1 rings (SSSR count). The van der Waals surface area contributed by atoms with Gasteiger partial charge in [-0.2, -0.15) is 0 Å². The number of likely N-dealkylation sites (N-methyl/N-ethyl adjacent to an activating group) is 1. The Morgan fingerprint density at radius 3 is 2.86 bits per heavy atom. The molecule has 0 saturated heterocycles. The minimum Gasteiger partial charge on any atom is -0.465 e. The van der Waals surface area contributed by atoms with Crippen molar-refractivity contribution in [2.75, 3.05) is 13.7 Å². The molecule has 0 fully saturated rings. The zero-order chi connectivity index (χ0) is 10.6. The summed E-state index contributed by atoms with van der Waals surface area (Å²) in [6.07, 6.45) is 0. The first-order valence-electron chi connectivity index (χ1n) is 4.58. The molecule has 1 aromatic heterocycles. The number of nitrogens with one attached hydrogen (secondary N) is 1. The van der Waals surface area contributed by atoms with E-state index >= 15 is 0 Å². The van der Waals surface area contributed by atoms with Crippen LogP contribution in [0.1, 0.15) is 23.4 Å². The van der Waals surface area contributed by atoms with Gasteiger partial charge < -0.3 is 10.1 Å². The van der Waals surface area contributed by atoms with Gasteiger partial charge in [-0.05, 0) is 37.9 Å². The third-order valence-electron chi connectivity index (χ3n) is 1.97. The molecule has 0 aromatic carbocycles. The fourth-order valence-corrected chi connectivity index (χ4v) is 2.28. The molecule has 0 saturated carbocycles. The maximum atomic E-state index is 11.5. The summed E-state index contributed by atoms with van der Waals surface area (Å²) in [4.78, 5) is 12.6. The summed E-state index contributed by atoms with van der Waals surface area (Å²) in [5, 5.41) is 4.95. The second kappa shape index (κ2) is 5.12. The number of aryl methyl sites for hydroxylation is 1. The molecule has 0 radical (unpaired) electrons. The maximum absolute atomic E-state index is 11.5. The van der Waals surface area contributed by atoms with E-state index in [1.807, 2.05) is 25.3 Å². The minimum absolute atomic E-state index is 0.208. The third kappa shape index (κ3) is 2.33. The second-order valence-corrected chi connectivity index (χ2v) is 3.89. The zero-order valence-electron chi connectivity index (χ0n) is 8.66. The summed E-state index contributed by atoms with van der Waals surface area (Å²) < 4.78 is 4.98. The molecule has 0 spiro atoms. The van der Waals surface area contributed by atoms with Crippen molar-refractivity contribution in [2.24, 2.45) is 0 Å². The largest absolute Gasteiger partial charge is 0.465 e. The lowest BCUT2D eigenvalue weighted by atomic mass is 10.2. The molecule has 78 valence electrons. The minimum atomic E-state index is -0.324. The molecule has 0 amide bonds. The number of hydrogen-bond donors (Lipinski definition) is 1. The monoisotopic (exact) mass is 213 g/mol. The summed E-state index contributed by atoms with van der Waals surface area (Å²) in [5.41, 5.74) is 1.13. The van der Waals surface area contributed by atoms with Gasteiger partial charge in [0.05, 0.1) is 6.61 Å². The topological polar surface area (TPSA) is 38.3 Å². The molecule has 0 aliphatic rings. The molecular formula is C10H15NO2S. The van der Waals surface area contributed by atoms with Gasteiger partial charge >= 0.3 is 5.97 Å². The Morgan fingerprint density at radius 1 is 1.71 bits per heavy atom. The van der Waals surface area contributed by atoms with E-state index in [1.165, 1.54) is 0 Å². The first kappa shape index (κ1) is 11.2. The molecule has 0 aliphatic carbocycles. The van der Waals surface area contributed by atoms with Crippen LogP contribution in [0.5, 0.6) is 0 Å². The van der Waals surface area contributed by atoms with E-state index in [0.29, 0.717) is 6.61 Å². The summed E-state index contributed by atoms with van der Waals surface area (Å²) in [5.74, 6) is -0.208. The van der Waals surface area contributed by atoms with Crippen molar-refractivity contribution in [3.8, 4) is 0 Å². The van der Waals surface area contributed by atoms with Crippen LogP contribution in [-0.2, 0) is 9.53 Å². The van der Waals surface area contributed by atoms with E-state index in [9.17, 15) is 4.79 Å². The molecule has 0 aliphatic heterocycles. The van der Waals surface area contributed by atoms with Gasteiger partial charge in [0.1, 0.15) is 6.04 Å². The highest BCUT2D eigenvalue weighted by atomic mass is 32.1. The van der Waals surface area contributed by atoms with Crippen molar-refractivity contribution < 1.29 is 9.53 Å². The molecule has 4 heteroatoms. The van der Waals surface area contributed by atoms with Crippen LogP contribution in [0.25, 0.3) is 0 Å². The molecular weight excluding hydrogens is 198 g/mol. The van der Waals surface area contributed by atoms with E-state index < -0.39 is 0 Å². The van der Waals surface area contributed by atoms with Crippen LogP contribution in [0.2, 0.25) is 0 Å². The molecule has 0 bridgehead atoms. The van der Waals surface area contributed by atoms with Crippen molar-refractivity contribution in [3.63, 3.8) is 0 Å². The van der Waals surface area contributed by atoms with Crippen LogP contribution in [0.3, 0.4) is 0 Å². The summed E-state index contributed by atoms with van der Waals surface area (Å²) in [6, 6.07) is 1.68. The normalized spacial score (nSPS) is 12.5. The second-order valence-electron chi connectivity index (χ2n) is 2.94. The van der Waals surface area contributed by atoms with E-state index in [0.717, 1.165) is 10.4 Å². The number of thiophene rings is 1. The predicted molar refractivity (Wildman–Crippen MR) is 57.5 cm³/mol. The van der Waals surface area contributed by atoms with Gasteiger partial charge in [-0.25, -0.2) is 4.79 Å². The zero-order valence-corrected chi connectivity index (χ0v) is 9.48. The Kier molecular flexibility index (Phi) is 4.10. The number of ether oxygens (including phenoxy) is 1. The Morgan fingerprint density at radius 2 is 2.43 bits per heavy atom. The average Bonchev–Trinajstić information content (AvgIpc) is 2.54. The maximum Gasteiger partial charge on any atom is 0.328 e. The van der Waals surface area contributed by atoms with Crippen molar-refractivity contribution in [1.29, 1.82) is 0 Å². The lowest BCUT2D eigenvalue weighted by molar-refractivity contribution is -0.145. The Bertz CT molecular complexity index is 309. The lowest BCUT2D eigenvalue weighted by Gasteiger charge is -2.13. The number of rotatable bonds is 4. The first-order chi connectivity index (χ1) is 6.70. The number of hydrogen-bond acceptors (Lipinski definition) is 4. The highest BCUT2D eigenvalue weighted by Crippen LogP contribution is 2.24. The van der Waals surface area contributed by atoms with Gasteiger partial charge in [-0.1, -0.05) is 0 Å². The lowest BCUT2D eigenvalue weighted by Crippen LogP contribution is -2.27. The third-order valence-corrected chi connectivity index (χ3v) is 3.06. The van der Waals surface area contributed by atoms with Gasteiger partial charge in [0.2, 0.25) is 0 Å². The van der Waals surface area contributed by atoms with Crippen LogP contribution in [0.4, 0.5) is 0 Å². The van der Waals surface area contributed by atoms with Crippen LogP contribution in [0, 0.1) is 6.92 Å². The van der Waals surface area contributed by atoms with Gasteiger partial charge in [0.15, 0.2) is 0 Å². The van der Waals surface area contributed by atoms with Crippen molar-refractivity contribution in [3.05, 3.63) is 21.9 Å². The molecule has 1 unspecified atom stereocenters. The fourth-order valence-electron chi connectivity index (χ4n) is 1.26. The van der Waals surface area contributed by atoms with E-state index in [2.05, 4.69) is 5.32 Å². The highest BCUT2D eigenvalue weighted by Gasteiger charge is 2.22. The number of carbonyl (C=O) groups is 1. The van der Waals surface area contributed by atoms with E-state index in [1.54, 1.807) is 18.4 Å². The molecule has 1 aromatic rings. The van der Waals surface area contributed by atoms with Crippen molar-refractivity contribution in [1.82, 2.24) is 5.32 Å². The molecule has 14 heavy (non-hydrogen) atoms. The molecule has 1 heterocycles. The fraction of sp³-hybridized carbons (Fsp3) is 0.500. The predicted octanol–water partition coefficient (Wildman–Crippen LogP) is 1.88. The average molecular weight is 213 g/mol. The SMILES string of the molecule is CCOC(=O)C(NC)c1sccc1C. The van der Waals surface area contributed by atoms with Crippen molar-refractivity contribution in [2.45, 2.75) is 19.9 Å². The van der Waals surface area contributed by atoms with E-state index in [4.69, 9.17) is 4.74 Å². The quantitative estimate of drug-likeness (QED) is 0.776. The summed E-state index contributed by atoms with van der Waals surface area (Å²) >= 11 is 1.57. The Balaban J connectivity index is 2.82. The van der Waals surface area contributed by atoms with E-state index in [-0.39, 0.29) is 12.0 Å². The Labute approximate surface area is 88.1 Å². The van der Waals surface area contributed by atoms with Crippen LogP contribution in [0.15, 0.2) is 11.4 Å². The van der Waals surface area contributed by atoms with Crippen molar-refractivity contribution >= 4 is 17.3 Å². The summed E-state index contributed by atoms with van der Waals surface area (Å²) in [6.45, 7) is 4.22. The highest BCUT2D eigenvalue weighted by molar-refractivity contribution is 7.10. The summed E-state index contributed by atoms with van der Waals surface area (Å²) in [7, 11) is 1.76. The van der Waals surface area contributed by atoms with Gasteiger partial charge in [0, 0.05) is 4.88 Å². The van der Waals surface area contributed by atoms with Gasteiger partial charge in [-0.15, -0.1) is 11.3 Å². The van der Waals surface area contributed by atoms with Crippen LogP contribution in [-0.4, -0.2) is 19.6 Å². The Hall–Kier alpha value is -0.870. The number of carbonyl (C=O) groups excluding carboxylic acids is 1. The molecule has 1 N–H and O–H groups in total. The number of esters is 1. The van der Waals surface area contributed by atoms with Crippen LogP contribution >= 0.6 is 11.3 Å². The smallest absolute Gasteiger partial charge is 0.328 e. The first-order valence-corrected chi connectivity index (χ1v) is 5.46. The van der Waals surface area contributed by atoms with Gasteiger partial charge in [0.25, 0.3) is 0 Å². The molecule has 3 nitrogen and oxygen atoms in total. The standard InChI is InChI=1S/C10H15NO2S/c1-4-13-10(12)8(11-3)9-7(2)5-6-14-9/h5-6,8,11H,4H2,1-3H3.